The Morgan fingerprint density at radius 3 is 2.41 bits per heavy atom. The Morgan fingerprint density at radius 1 is 1.09 bits per heavy atom. The summed E-state index contributed by atoms with van der Waals surface area (Å²) >= 11 is 0. The van der Waals surface area contributed by atoms with Crippen molar-refractivity contribution in [1.29, 1.82) is 0 Å². The highest BCUT2D eigenvalue weighted by Crippen LogP contribution is 2.35. The van der Waals surface area contributed by atoms with Crippen LogP contribution in [0.2, 0.25) is 0 Å². The number of para-hydroxylation sites is 1. The number of alkyl halides is 3. The predicted molar refractivity (Wildman–Crippen MR) is 80.3 cm³/mol. The van der Waals surface area contributed by atoms with Crippen LogP contribution in [-0.4, -0.2) is 23.1 Å². The van der Waals surface area contributed by atoms with Crippen LogP contribution in [0.3, 0.4) is 0 Å². The first-order chi connectivity index (χ1) is 10.5. The maximum absolute atomic E-state index is 13.0. The van der Waals surface area contributed by atoms with Crippen LogP contribution in [0.1, 0.15) is 19.4 Å². The zero-order valence-corrected chi connectivity index (χ0v) is 12.4. The molecule has 0 fully saturated rings. The maximum Gasteiger partial charge on any atom is 0.418 e. The molecule has 0 saturated heterocycles. The fraction of sp³-hybridized carbons (Fsp3) is 0.333. The minimum atomic E-state index is -4.43. The lowest BCUT2D eigenvalue weighted by atomic mass is 10.1. The minimum absolute atomic E-state index is 0.0632. The summed E-state index contributed by atoms with van der Waals surface area (Å²) in [5.41, 5.74) is -0.807. The van der Waals surface area contributed by atoms with E-state index in [9.17, 15) is 13.2 Å². The molecule has 0 aliphatic rings. The lowest BCUT2D eigenvalue weighted by Gasteiger charge is -2.20. The molecule has 7 heteroatoms. The summed E-state index contributed by atoms with van der Waals surface area (Å²) in [6.07, 6.45) is -2.90. The van der Waals surface area contributed by atoms with Crippen LogP contribution in [0.15, 0.2) is 36.5 Å². The third-order valence-corrected chi connectivity index (χ3v) is 3.21. The maximum atomic E-state index is 13.0. The Bertz CT molecular complexity index is 624. The summed E-state index contributed by atoms with van der Waals surface area (Å²) in [4.78, 5) is 10.3. The highest BCUT2D eigenvalue weighted by molar-refractivity contribution is 5.60. The smallest absolute Gasteiger partial charge is 0.357 e. The van der Waals surface area contributed by atoms with E-state index in [-0.39, 0.29) is 11.6 Å². The molecule has 1 aromatic heterocycles. The number of hydrogen-bond donors (Lipinski definition) is 1. The Morgan fingerprint density at radius 2 is 1.77 bits per heavy atom. The molecule has 0 aliphatic heterocycles. The van der Waals surface area contributed by atoms with Crippen LogP contribution < -0.4 is 10.2 Å². The molecule has 4 nitrogen and oxygen atoms in total. The van der Waals surface area contributed by atoms with E-state index in [1.165, 1.54) is 24.4 Å². The van der Waals surface area contributed by atoms with Crippen molar-refractivity contribution in [3.63, 3.8) is 0 Å². The zero-order chi connectivity index (χ0) is 16.2. The Balaban J connectivity index is 2.31. The van der Waals surface area contributed by atoms with Crippen LogP contribution in [0.5, 0.6) is 0 Å². The number of hydrogen-bond acceptors (Lipinski definition) is 4. The number of halogens is 3. The van der Waals surface area contributed by atoms with Crippen molar-refractivity contribution in [1.82, 2.24) is 9.97 Å². The van der Waals surface area contributed by atoms with Gasteiger partial charge in [-0.3, -0.25) is 0 Å². The topological polar surface area (TPSA) is 41.1 Å². The molecule has 2 rings (SSSR count). The highest BCUT2D eigenvalue weighted by atomic mass is 19.4. The molecule has 1 heterocycles. The van der Waals surface area contributed by atoms with Crippen molar-refractivity contribution in [3.05, 3.63) is 42.1 Å². The molecule has 0 saturated carbocycles. The van der Waals surface area contributed by atoms with Crippen molar-refractivity contribution in [2.75, 3.05) is 23.3 Å². The van der Waals surface area contributed by atoms with Crippen LogP contribution in [0.4, 0.5) is 30.6 Å². The first-order valence-electron chi connectivity index (χ1n) is 6.97. The van der Waals surface area contributed by atoms with E-state index in [1.54, 1.807) is 6.07 Å². The van der Waals surface area contributed by atoms with Crippen LogP contribution in [-0.2, 0) is 6.18 Å². The van der Waals surface area contributed by atoms with E-state index in [4.69, 9.17) is 0 Å². The standard InChI is InChI=1S/C15H17F3N4/c1-3-22(4-2)13-9-10-19-14(21-13)20-12-8-6-5-7-11(12)15(16,17)18/h5-10H,3-4H2,1-2H3,(H,19,20,21). The summed E-state index contributed by atoms with van der Waals surface area (Å²) in [6.45, 7) is 5.48. The Labute approximate surface area is 127 Å². The first-order valence-corrected chi connectivity index (χ1v) is 6.97. The van der Waals surface area contributed by atoms with Crippen molar-refractivity contribution >= 4 is 17.5 Å². The molecule has 0 amide bonds. The van der Waals surface area contributed by atoms with Gasteiger partial charge in [0.2, 0.25) is 5.95 Å². The summed E-state index contributed by atoms with van der Waals surface area (Å²) in [5.74, 6) is 0.813. The number of aromatic nitrogens is 2. The highest BCUT2D eigenvalue weighted by Gasteiger charge is 2.33. The first kappa shape index (κ1) is 16.1. The second-order valence-corrected chi connectivity index (χ2v) is 4.58. The van der Waals surface area contributed by atoms with Crippen molar-refractivity contribution in [3.8, 4) is 0 Å². The quantitative estimate of drug-likeness (QED) is 0.903. The van der Waals surface area contributed by atoms with E-state index in [0.717, 1.165) is 19.2 Å². The average molecular weight is 310 g/mol. The fourth-order valence-electron chi connectivity index (χ4n) is 2.09. The van der Waals surface area contributed by atoms with Crippen molar-refractivity contribution in [2.24, 2.45) is 0 Å². The third-order valence-electron chi connectivity index (χ3n) is 3.21. The number of nitrogens with one attached hydrogen (secondary N) is 1. The van der Waals surface area contributed by atoms with E-state index in [2.05, 4.69) is 15.3 Å². The van der Waals surface area contributed by atoms with Gasteiger partial charge in [0.15, 0.2) is 0 Å². The van der Waals surface area contributed by atoms with E-state index >= 15 is 0 Å². The van der Waals surface area contributed by atoms with Gasteiger partial charge in [-0.25, -0.2) is 4.98 Å². The lowest BCUT2D eigenvalue weighted by molar-refractivity contribution is -0.136. The second-order valence-electron chi connectivity index (χ2n) is 4.58. The molecule has 1 N–H and O–H groups in total. The fourth-order valence-corrected chi connectivity index (χ4v) is 2.09. The molecule has 0 unspecified atom stereocenters. The number of anilines is 3. The molecule has 0 atom stereocenters. The van der Waals surface area contributed by atoms with Gasteiger partial charge in [-0.1, -0.05) is 12.1 Å². The largest absolute Gasteiger partial charge is 0.418 e. The molecule has 0 bridgehead atoms. The monoisotopic (exact) mass is 310 g/mol. The Kier molecular flexibility index (Phi) is 4.85. The normalized spacial score (nSPS) is 11.3. The van der Waals surface area contributed by atoms with E-state index in [1.807, 2.05) is 18.7 Å². The van der Waals surface area contributed by atoms with Crippen LogP contribution in [0, 0.1) is 0 Å². The summed E-state index contributed by atoms with van der Waals surface area (Å²) in [6, 6.07) is 6.99. The summed E-state index contributed by atoms with van der Waals surface area (Å²) in [7, 11) is 0. The molecular weight excluding hydrogens is 293 g/mol. The molecule has 0 radical (unpaired) electrons. The van der Waals surface area contributed by atoms with Gasteiger partial charge in [0.25, 0.3) is 0 Å². The summed E-state index contributed by atoms with van der Waals surface area (Å²) in [5, 5.41) is 2.65. The molecule has 2 aromatic rings. The number of nitrogens with zero attached hydrogens (tertiary/aromatic N) is 3. The SMILES string of the molecule is CCN(CC)c1ccnc(Nc2ccccc2C(F)(F)F)n1. The van der Waals surface area contributed by atoms with Crippen LogP contribution >= 0.6 is 0 Å². The minimum Gasteiger partial charge on any atom is -0.357 e. The number of rotatable bonds is 5. The third kappa shape index (κ3) is 3.66. The van der Waals surface area contributed by atoms with Gasteiger partial charge >= 0.3 is 6.18 Å². The summed E-state index contributed by atoms with van der Waals surface area (Å²) < 4.78 is 38.9. The predicted octanol–water partition coefficient (Wildman–Crippen LogP) is 4.09. The number of benzene rings is 1. The molecule has 1 aromatic carbocycles. The average Bonchev–Trinajstić information content (AvgIpc) is 2.48. The van der Waals surface area contributed by atoms with Crippen molar-refractivity contribution < 1.29 is 13.2 Å². The molecule has 0 aliphatic carbocycles. The van der Waals surface area contributed by atoms with E-state index < -0.39 is 11.7 Å². The molecule has 118 valence electrons. The van der Waals surface area contributed by atoms with Gasteiger partial charge in [-0.15, -0.1) is 0 Å². The lowest BCUT2D eigenvalue weighted by Crippen LogP contribution is -2.23. The van der Waals surface area contributed by atoms with Crippen LogP contribution in [0.25, 0.3) is 0 Å². The molecule has 0 spiro atoms. The molecular formula is C15H17F3N4. The van der Waals surface area contributed by atoms with Gasteiger partial charge in [0.05, 0.1) is 11.3 Å². The van der Waals surface area contributed by atoms with Gasteiger partial charge in [0, 0.05) is 19.3 Å². The van der Waals surface area contributed by atoms with Gasteiger partial charge in [-0.2, -0.15) is 18.2 Å². The van der Waals surface area contributed by atoms with E-state index in [0.29, 0.717) is 5.82 Å². The zero-order valence-electron chi connectivity index (χ0n) is 12.4. The van der Waals surface area contributed by atoms with Gasteiger partial charge in [-0.05, 0) is 32.0 Å². The molecule has 22 heavy (non-hydrogen) atoms. The Hall–Kier alpha value is -2.31. The second kappa shape index (κ2) is 6.64. The van der Waals surface area contributed by atoms with Crippen molar-refractivity contribution in [2.45, 2.75) is 20.0 Å². The van der Waals surface area contributed by atoms with Gasteiger partial charge in [0.1, 0.15) is 5.82 Å². The van der Waals surface area contributed by atoms with Gasteiger partial charge < -0.3 is 10.2 Å².